The summed E-state index contributed by atoms with van der Waals surface area (Å²) in [5.74, 6) is 0. The van der Waals surface area contributed by atoms with E-state index in [1.165, 1.54) is 0 Å². The Labute approximate surface area is 75.2 Å². The smallest absolute Gasteiger partial charge is 0.155 e. The molecule has 0 bridgehead atoms. The first-order valence-electron chi connectivity index (χ1n) is 4.13. The van der Waals surface area contributed by atoms with Gasteiger partial charge in [0.05, 0.1) is 5.69 Å². The zero-order valence-corrected chi connectivity index (χ0v) is 7.05. The van der Waals surface area contributed by atoms with Gasteiger partial charge in [0.1, 0.15) is 6.29 Å². The molecule has 2 heterocycles. The van der Waals surface area contributed by atoms with Crippen LogP contribution in [0.1, 0.15) is 12.1 Å². The van der Waals surface area contributed by atoms with E-state index in [4.69, 9.17) is 0 Å². The van der Waals surface area contributed by atoms with Crippen molar-refractivity contribution in [2.24, 2.45) is 0 Å². The van der Waals surface area contributed by atoms with Gasteiger partial charge in [-0.3, -0.25) is 0 Å². The maximum Gasteiger partial charge on any atom is 0.155 e. The van der Waals surface area contributed by atoms with Crippen molar-refractivity contribution in [3.63, 3.8) is 0 Å². The number of nitrogens with zero attached hydrogens (tertiary/aromatic N) is 3. The lowest BCUT2D eigenvalue weighted by atomic mass is 10.2. The molecule has 0 atom stereocenters. The first-order valence-corrected chi connectivity index (χ1v) is 4.13. The summed E-state index contributed by atoms with van der Waals surface area (Å²) in [6.45, 7) is 0. The molecule has 0 saturated heterocycles. The third-order valence-corrected chi connectivity index (χ3v) is 1.81. The predicted octanol–water partition coefficient (Wildman–Crippen LogP) is 0.861. The fraction of sp³-hybridized carbons (Fsp3) is 0.222. The molecule has 2 aromatic rings. The van der Waals surface area contributed by atoms with Crippen molar-refractivity contribution < 1.29 is 4.79 Å². The molecular weight excluding hydrogens is 166 g/mol. The molecule has 0 fully saturated rings. The van der Waals surface area contributed by atoms with E-state index in [0.29, 0.717) is 12.8 Å². The molecule has 4 nitrogen and oxygen atoms in total. The highest BCUT2D eigenvalue weighted by Gasteiger charge is 2.00. The topological polar surface area (TPSA) is 47.3 Å². The van der Waals surface area contributed by atoms with Crippen molar-refractivity contribution >= 4 is 11.9 Å². The summed E-state index contributed by atoms with van der Waals surface area (Å²) in [7, 11) is 0. The van der Waals surface area contributed by atoms with E-state index in [1.807, 2.05) is 18.3 Å². The van der Waals surface area contributed by atoms with Gasteiger partial charge in [0.15, 0.2) is 5.65 Å². The summed E-state index contributed by atoms with van der Waals surface area (Å²) < 4.78 is 1.71. The molecule has 4 heteroatoms. The quantitative estimate of drug-likeness (QED) is 0.650. The van der Waals surface area contributed by atoms with Crippen molar-refractivity contribution in [1.82, 2.24) is 14.6 Å². The summed E-state index contributed by atoms with van der Waals surface area (Å²) in [5.41, 5.74) is 1.73. The zero-order valence-electron chi connectivity index (χ0n) is 7.05. The Morgan fingerprint density at radius 3 is 3.23 bits per heavy atom. The number of aldehydes is 1. The van der Waals surface area contributed by atoms with Gasteiger partial charge in [-0.05, 0) is 12.5 Å². The van der Waals surface area contributed by atoms with Gasteiger partial charge in [0.25, 0.3) is 0 Å². The highest BCUT2D eigenvalue weighted by atomic mass is 16.1. The van der Waals surface area contributed by atoms with Crippen LogP contribution in [0.2, 0.25) is 0 Å². The molecule has 0 aliphatic carbocycles. The molecule has 2 rings (SSSR count). The van der Waals surface area contributed by atoms with Crippen molar-refractivity contribution in [3.8, 4) is 0 Å². The molecular formula is C9H9N3O. The van der Waals surface area contributed by atoms with Crippen LogP contribution in [0.15, 0.2) is 24.5 Å². The molecule has 0 aliphatic heterocycles. The maximum atomic E-state index is 10.1. The lowest BCUT2D eigenvalue weighted by Crippen LogP contribution is -1.89. The standard InChI is InChI=1S/C9H9N3O/c13-6-1-3-8-7-9-10-4-2-5-12(9)11-8/h2,4-7H,1,3H2. The summed E-state index contributed by atoms with van der Waals surface area (Å²) >= 11 is 0. The third-order valence-electron chi connectivity index (χ3n) is 1.81. The van der Waals surface area contributed by atoms with Crippen LogP contribution in [0, 0.1) is 0 Å². The molecule has 0 aliphatic rings. The number of hydrogen-bond acceptors (Lipinski definition) is 3. The Morgan fingerprint density at radius 2 is 2.46 bits per heavy atom. The second-order valence-corrected chi connectivity index (χ2v) is 2.76. The molecule has 0 saturated carbocycles. The van der Waals surface area contributed by atoms with Crippen LogP contribution in [0.3, 0.4) is 0 Å². The number of carbonyl (C=O) groups excluding carboxylic acids is 1. The van der Waals surface area contributed by atoms with Gasteiger partial charge < -0.3 is 4.79 Å². The number of fused-ring (bicyclic) bond motifs is 1. The van der Waals surface area contributed by atoms with Crippen LogP contribution in [-0.4, -0.2) is 20.9 Å². The Balaban J connectivity index is 2.32. The van der Waals surface area contributed by atoms with Crippen LogP contribution in [0.4, 0.5) is 0 Å². The molecule has 0 unspecified atom stereocenters. The molecule has 0 spiro atoms. The van der Waals surface area contributed by atoms with Crippen molar-refractivity contribution in [2.45, 2.75) is 12.8 Å². The Kier molecular flexibility index (Phi) is 2.04. The Morgan fingerprint density at radius 1 is 1.54 bits per heavy atom. The van der Waals surface area contributed by atoms with Gasteiger partial charge in [0, 0.05) is 24.9 Å². The minimum absolute atomic E-state index is 0.518. The van der Waals surface area contributed by atoms with Gasteiger partial charge in [-0.25, -0.2) is 9.50 Å². The van der Waals surface area contributed by atoms with Crippen LogP contribution >= 0.6 is 0 Å². The Hall–Kier alpha value is -1.71. The third kappa shape index (κ3) is 1.56. The van der Waals surface area contributed by atoms with E-state index in [1.54, 1.807) is 10.7 Å². The molecule has 0 N–H and O–H groups in total. The van der Waals surface area contributed by atoms with E-state index in [-0.39, 0.29) is 0 Å². The van der Waals surface area contributed by atoms with E-state index in [0.717, 1.165) is 17.6 Å². The first kappa shape index (κ1) is 7.91. The van der Waals surface area contributed by atoms with Crippen molar-refractivity contribution in [2.75, 3.05) is 0 Å². The predicted molar refractivity (Wildman–Crippen MR) is 47.4 cm³/mol. The summed E-state index contributed by atoms with van der Waals surface area (Å²) in [6.07, 6.45) is 5.67. The van der Waals surface area contributed by atoms with Crippen LogP contribution in [0.25, 0.3) is 5.65 Å². The number of rotatable bonds is 3. The molecule has 0 aromatic carbocycles. The first-order chi connectivity index (χ1) is 6.40. The molecule has 13 heavy (non-hydrogen) atoms. The Bertz CT molecular complexity index is 388. The second kappa shape index (κ2) is 3.35. The average molecular weight is 175 g/mol. The summed E-state index contributed by atoms with van der Waals surface area (Å²) in [5, 5.41) is 4.25. The minimum Gasteiger partial charge on any atom is -0.303 e. The minimum atomic E-state index is 0.518. The fourth-order valence-electron chi connectivity index (χ4n) is 1.21. The summed E-state index contributed by atoms with van der Waals surface area (Å²) in [4.78, 5) is 14.3. The number of hydrogen-bond donors (Lipinski definition) is 0. The molecule has 0 amide bonds. The lowest BCUT2D eigenvalue weighted by Gasteiger charge is -1.87. The second-order valence-electron chi connectivity index (χ2n) is 2.76. The average Bonchev–Trinajstić information content (AvgIpc) is 2.57. The van der Waals surface area contributed by atoms with Gasteiger partial charge in [-0.1, -0.05) is 0 Å². The number of aryl methyl sites for hydroxylation is 1. The fourth-order valence-corrected chi connectivity index (χ4v) is 1.21. The molecule has 66 valence electrons. The monoisotopic (exact) mass is 175 g/mol. The van der Waals surface area contributed by atoms with Crippen LogP contribution in [0.5, 0.6) is 0 Å². The van der Waals surface area contributed by atoms with E-state index in [2.05, 4.69) is 10.1 Å². The van der Waals surface area contributed by atoms with Crippen molar-refractivity contribution in [3.05, 3.63) is 30.2 Å². The largest absolute Gasteiger partial charge is 0.303 e. The highest BCUT2D eigenvalue weighted by Crippen LogP contribution is 2.04. The highest BCUT2D eigenvalue weighted by molar-refractivity contribution is 5.50. The van der Waals surface area contributed by atoms with E-state index in [9.17, 15) is 4.79 Å². The van der Waals surface area contributed by atoms with E-state index >= 15 is 0 Å². The van der Waals surface area contributed by atoms with Gasteiger partial charge in [-0.15, -0.1) is 0 Å². The van der Waals surface area contributed by atoms with Crippen LogP contribution < -0.4 is 0 Å². The zero-order chi connectivity index (χ0) is 9.10. The van der Waals surface area contributed by atoms with Gasteiger partial charge in [0.2, 0.25) is 0 Å². The molecule has 0 radical (unpaired) electrons. The molecule has 2 aromatic heterocycles. The normalized spacial score (nSPS) is 10.5. The maximum absolute atomic E-state index is 10.1. The number of carbonyl (C=O) groups is 1. The number of aromatic nitrogens is 3. The van der Waals surface area contributed by atoms with Gasteiger partial charge in [-0.2, -0.15) is 5.10 Å². The van der Waals surface area contributed by atoms with Crippen molar-refractivity contribution in [1.29, 1.82) is 0 Å². The lowest BCUT2D eigenvalue weighted by molar-refractivity contribution is -0.107. The SMILES string of the molecule is O=CCCc1cc2ncccn2n1. The van der Waals surface area contributed by atoms with E-state index < -0.39 is 0 Å². The summed E-state index contributed by atoms with van der Waals surface area (Å²) in [6, 6.07) is 3.72. The van der Waals surface area contributed by atoms with Crippen LogP contribution in [-0.2, 0) is 11.2 Å². The van der Waals surface area contributed by atoms with Gasteiger partial charge >= 0.3 is 0 Å².